The van der Waals surface area contributed by atoms with Gasteiger partial charge in [0.15, 0.2) is 10.7 Å². The second-order valence-electron chi connectivity index (χ2n) is 9.94. The molecule has 0 amide bonds. The Morgan fingerprint density at radius 3 is 2.00 bits per heavy atom. The van der Waals surface area contributed by atoms with Crippen LogP contribution in [0, 0.1) is 6.92 Å². The molecule has 2 aliphatic heterocycles. The topological polar surface area (TPSA) is 54.2 Å². The Hall–Kier alpha value is -2.26. The number of methoxy groups -OCH3 is 2. The lowest BCUT2D eigenvalue weighted by Crippen LogP contribution is -2.63. The molecule has 0 saturated carbocycles. The Balaban J connectivity index is 1.76. The molecular formula is C28H38N3O4S+. The molecule has 7 nitrogen and oxygen atoms in total. The Morgan fingerprint density at radius 1 is 0.944 bits per heavy atom. The maximum atomic E-state index is 5.83. The zero-order valence-corrected chi connectivity index (χ0v) is 22.9. The van der Waals surface area contributed by atoms with Crippen molar-refractivity contribution < 1.29 is 18.9 Å². The van der Waals surface area contributed by atoms with Crippen molar-refractivity contribution in [3.63, 3.8) is 0 Å². The minimum absolute atomic E-state index is 0.479. The molecular weight excluding hydrogens is 474 g/mol. The summed E-state index contributed by atoms with van der Waals surface area (Å²) in [6, 6.07) is 11.5. The zero-order valence-electron chi connectivity index (χ0n) is 22.1. The lowest BCUT2D eigenvalue weighted by Gasteiger charge is -2.49. The summed E-state index contributed by atoms with van der Waals surface area (Å²) in [5.74, 6) is 1.57. The molecule has 0 aliphatic carbocycles. The summed E-state index contributed by atoms with van der Waals surface area (Å²) in [6.45, 7) is 5.33. The van der Waals surface area contributed by atoms with E-state index in [4.69, 9.17) is 24.0 Å². The number of hydrogen-bond acceptors (Lipinski definition) is 6. The number of ether oxygens (including phenoxy) is 4. The molecule has 0 radical (unpaired) electrons. The van der Waals surface area contributed by atoms with Crippen LogP contribution in [0.5, 0.6) is 11.5 Å². The number of pyridine rings is 1. The van der Waals surface area contributed by atoms with E-state index in [9.17, 15) is 0 Å². The van der Waals surface area contributed by atoms with Crippen molar-refractivity contribution in [1.29, 1.82) is 0 Å². The number of aromatic nitrogens is 2. The van der Waals surface area contributed by atoms with Crippen molar-refractivity contribution in [2.45, 2.75) is 49.7 Å². The molecule has 2 saturated heterocycles. The van der Waals surface area contributed by atoms with Crippen LogP contribution in [0.3, 0.4) is 0 Å². The maximum absolute atomic E-state index is 5.83. The van der Waals surface area contributed by atoms with Crippen molar-refractivity contribution in [1.82, 2.24) is 14.1 Å². The average Bonchev–Trinajstić information content (AvgIpc) is 3.32. The quantitative estimate of drug-likeness (QED) is 0.315. The van der Waals surface area contributed by atoms with Crippen LogP contribution in [0.1, 0.15) is 31.2 Å². The van der Waals surface area contributed by atoms with Crippen LogP contribution in [0.25, 0.3) is 16.8 Å². The second kappa shape index (κ2) is 10.6. The number of nitrogens with zero attached hydrogens (tertiary/aromatic N) is 3. The van der Waals surface area contributed by atoms with Crippen LogP contribution >= 0.6 is 11.8 Å². The molecule has 1 aromatic carbocycles. The summed E-state index contributed by atoms with van der Waals surface area (Å²) in [6.07, 6.45) is 6.35. The van der Waals surface area contributed by atoms with Crippen LogP contribution in [0.15, 0.2) is 35.4 Å². The molecule has 4 heterocycles. The van der Waals surface area contributed by atoms with E-state index in [0.717, 1.165) is 95.5 Å². The number of quaternary nitrogens is 1. The summed E-state index contributed by atoms with van der Waals surface area (Å²) < 4.78 is 26.2. The number of aryl methyl sites for hydroxylation is 1. The Kier molecular flexibility index (Phi) is 7.49. The highest BCUT2D eigenvalue weighted by Crippen LogP contribution is 2.46. The number of benzene rings is 1. The van der Waals surface area contributed by atoms with E-state index in [1.54, 1.807) is 26.0 Å². The van der Waals surface area contributed by atoms with Gasteiger partial charge < -0.3 is 18.9 Å². The van der Waals surface area contributed by atoms with Gasteiger partial charge in [0, 0.05) is 25.7 Å². The third-order valence-electron chi connectivity index (χ3n) is 8.08. The van der Waals surface area contributed by atoms with E-state index >= 15 is 0 Å². The molecule has 0 spiro atoms. The van der Waals surface area contributed by atoms with E-state index in [-0.39, 0.29) is 0 Å². The average molecular weight is 513 g/mol. The lowest BCUT2D eigenvalue weighted by molar-refractivity contribution is -0.00402. The molecule has 0 N–H and O–H groups in total. The highest BCUT2D eigenvalue weighted by molar-refractivity contribution is 7.98. The SMILES string of the molecule is COc1cc(C)cc(OC)c1-c1cccc2c([N+](C)(C3CCOCC3)C3CCOCC3)c(SC)nn12. The fraction of sp³-hybridized carbons (Fsp3) is 0.536. The summed E-state index contributed by atoms with van der Waals surface area (Å²) >= 11 is 1.73. The standard InChI is InChI=1S/C28H38N3O4S/c1-19-17-24(32-3)26(25(18-19)33-4)22-7-6-8-23-27(28(36-5)29-30(22)23)31(2,20-9-13-34-14-10-20)21-11-15-35-16-12-21/h6-8,17-18,20-21H,9-16H2,1-5H3/q+1. The summed E-state index contributed by atoms with van der Waals surface area (Å²) in [5, 5.41) is 6.30. The first kappa shape index (κ1) is 25.4. The Labute approximate surface area is 218 Å². The van der Waals surface area contributed by atoms with Gasteiger partial charge in [0.2, 0.25) is 0 Å². The molecule has 5 rings (SSSR count). The van der Waals surface area contributed by atoms with Gasteiger partial charge in [0.25, 0.3) is 0 Å². The fourth-order valence-corrected chi connectivity index (χ4v) is 6.88. The van der Waals surface area contributed by atoms with E-state index in [1.165, 1.54) is 5.69 Å². The molecule has 2 aliphatic rings. The first-order valence-corrected chi connectivity index (χ1v) is 14.1. The predicted molar refractivity (Wildman–Crippen MR) is 146 cm³/mol. The van der Waals surface area contributed by atoms with Gasteiger partial charge in [-0.25, -0.2) is 4.52 Å². The van der Waals surface area contributed by atoms with Gasteiger partial charge in [-0.1, -0.05) is 6.07 Å². The largest absolute Gasteiger partial charge is 0.496 e. The minimum atomic E-state index is 0.479. The Bertz CT molecular complexity index is 1170. The maximum Gasteiger partial charge on any atom is 0.193 e. The fourth-order valence-electron chi connectivity index (χ4n) is 6.22. The van der Waals surface area contributed by atoms with Gasteiger partial charge in [-0.2, -0.15) is 5.10 Å². The Morgan fingerprint density at radius 2 is 1.50 bits per heavy atom. The van der Waals surface area contributed by atoms with Gasteiger partial charge in [-0.15, -0.1) is 11.8 Å². The van der Waals surface area contributed by atoms with E-state index in [2.05, 4.69) is 55.1 Å². The van der Waals surface area contributed by atoms with E-state index in [1.807, 2.05) is 0 Å². The first-order chi connectivity index (χ1) is 17.5. The molecule has 3 aromatic rings. The van der Waals surface area contributed by atoms with Crippen molar-refractivity contribution in [2.75, 3.05) is 54.0 Å². The van der Waals surface area contributed by atoms with Crippen molar-refractivity contribution in [3.8, 4) is 22.8 Å². The lowest BCUT2D eigenvalue weighted by atomic mass is 9.95. The van der Waals surface area contributed by atoms with Gasteiger partial charge in [0.1, 0.15) is 17.0 Å². The van der Waals surface area contributed by atoms with Crippen LogP contribution in [0.2, 0.25) is 0 Å². The molecule has 2 fully saturated rings. The summed E-state index contributed by atoms with van der Waals surface area (Å²) in [7, 11) is 5.86. The van der Waals surface area contributed by atoms with Crippen LogP contribution in [-0.2, 0) is 9.47 Å². The molecule has 0 unspecified atom stereocenters. The molecule has 36 heavy (non-hydrogen) atoms. The van der Waals surface area contributed by atoms with Crippen molar-refractivity contribution >= 4 is 23.0 Å². The predicted octanol–water partition coefficient (Wildman–Crippen LogP) is 5.34. The third-order valence-corrected chi connectivity index (χ3v) is 8.74. The van der Waals surface area contributed by atoms with Crippen LogP contribution < -0.4 is 14.0 Å². The number of hydrogen-bond donors (Lipinski definition) is 0. The number of fused-ring (bicyclic) bond motifs is 1. The molecule has 0 atom stereocenters. The van der Waals surface area contributed by atoms with Crippen molar-refractivity contribution in [3.05, 3.63) is 35.9 Å². The van der Waals surface area contributed by atoms with E-state index in [0.29, 0.717) is 12.1 Å². The number of rotatable bonds is 7. The van der Waals surface area contributed by atoms with Crippen molar-refractivity contribution in [2.24, 2.45) is 0 Å². The van der Waals surface area contributed by atoms with Gasteiger partial charge in [0.05, 0.1) is 71.0 Å². The normalized spacial score (nSPS) is 18.0. The van der Waals surface area contributed by atoms with Crippen LogP contribution in [0.4, 0.5) is 5.69 Å². The van der Waals surface area contributed by atoms with Crippen LogP contribution in [-0.4, -0.2) is 75.6 Å². The second-order valence-corrected chi connectivity index (χ2v) is 10.7. The third kappa shape index (κ3) is 4.28. The summed E-state index contributed by atoms with van der Waals surface area (Å²) in [5.41, 5.74) is 5.43. The van der Waals surface area contributed by atoms with Gasteiger partial charge in [-0.3, -0.25) is 4.48 Å². The summed E-state index contributed by atoms with van der Waals surface area (Å²) in [4.78, 5) is 0. The molecule has 0 bridgehead atoms. The molecule has 194 valence electrons. The van der Waals surface area contributed by atoms with Gasteiger partial charge >= 0.3 is 0 Å². The highest BCUT2D eigenvalue weighted by Gasteiger charge is 2.47. The minimum Gasteiger partial charge on any atom is -0.496 e. The van der Waals surface area contributed by atoms with Gasteiger partial charge in [-0.05, 0) is 43.0 Å². The smallest absolute Gasteiger partial charge is 0.193 e. The first-order valence-electron chi connectivity index (χ1n) is 12.8. The highest BCUT2D eigenvalue weighted by atomic mass is 32.2. The van der Waals surface area contributed by atoms with E-state index < -0.39 is 0 Å². The zero-order chi connectivity index (χ0) is 25.3. The number of thioether (sulfide) groups is 1. The molecule has 2 aromatic heterocycles. The molecule has 8 heteroatoms. The monoisotopic (exact) mass is 512 g/mol.